The van der Waals surface area contributed by atoms with Crippen LogP contribution in [0.1, 0.15) is 23.2 Å². The van der Waals surface area contributed by atoms with Crippen molar-refractivity contribution in [3.63, 3.8) is 0 Å². The van der Waals surface area contributed by atoms with Crippen LogP contribution in [0.4, 0.5) is 8.78 Å². The van der Waals surface area contributed by atoms with Gasteiger partial charge in [0.1, 0.15) is 0 Å². The van der Waals surface area contributed by atoms with Crippen LogP contribution in [-0.2, 0) is 13.2 Å². The first-order valence-corrected chi connectivity index (χ1v) is 4.29. The summed E-state index contributed by atoms with van der Waals surface area (Å²) in [7, 11) is 1.25. The van der Waals surface area contributed by atoms with Crippen LogP contribution < -0.4 is 10.5 Å². The van der Waals surface area contributed by atoms with Gasteiger partial charge in [0.2, 0.25) is 5.88 Å². The van der Waals surface area contributed by atoms with Crippen molar-refractivity contribution in [3.05, 3.63) is 22.9 Å². The molecule has 1 aromatic rings. The van der Waals surface area contributed by atoms with Crippen molar-refractivity contribution in [3.8, 4) is 5.88 Å². The maximum Gasteiger partial charge on any atom is 0.269 e. The quantitative estimate of drug-likeness (QED) is 0.790. The lowest BCUT2D eigenvalue weighted by Crippen LogP contribution is -2.08. The Morgan fingerprint density at radius 1 is 1.60 bits per heavy atom. The summed E-state index contributed by atoms with van der Waals surface area (Å²) in [5.41, 5.74) is 5.53. The maximum atomic E-state index is 12.7. The Labute approximate surface area is 85.7 Å². The number of aliphatic hydroxyl groups excluding tert-OH is 1. The second-order valence-electron chi connectivity index (χ2n) is 2.86. The fourth-order valence-electron chi connectivity index (χ4n) is 1.28. The molecule has 0 fully saturated rings. The number of methoxy groups -OCH3 is 1. The Balaban J connectivity index is 3.32. The van der Waals surface area contributed by atoms with Crippen LogP contribution in [0.25, 0.3) is 0 Å². The van der Waals surface area contributed by atoms with Gasteiger partial charge >= 0.3 is 0 Å². The zero-order valence-corrected chi connectivity index (χ0v) is 8.20. The van der Waals surface area contributed by atoms with E-state index in [1.54, 1.807) is 0 Å². The van der Waals surface area contributed by atoms with Crippen LogP contribution in [0.5, 0.6) is 5.88 Å². The van der Waals surface area contributed by atoms with Crippen molar-refractivity contribution in [1.29, 1.82) is 0 Å². The number of alkyl halides is 2. The van der Waals surface area contributed by atoms with Gasteiger partial charge in [0.15, 0.2) is 0 Å². The lowest BCUT2D eigenvalue weighted by molar-refractivity contribution is 0.144. The van der Waals surface area contributed by atoms with Crippen LogP contribution in [-0.4, -0.2) is 17.2 Å². The molecule has 0 saturated heterocycles. The average Bonchev–Trinajstić information content (AvgIpc) is 2.26. The van der Waals surface area contributed by atoms with Crippen molar-refractivity contribution in [2.75, 3.05) is 7.11 Å². The molecule has 0 aliphatic heterocycles. The molecule has 1 heterocycles. The third-order valence-electron chi connectivity index (χ3n) is 1.96. The van der Waals surface area contributed by atoms with Crippen molar-refractivity contribution in [1.82, 2.24) is 4.98 Å². The van der Waals surface area contributed by atoms with Crippen LogP contribution in [0, 0.1) is 0 Å². The number of rotatable bonds is 4. The minimum atomic E-state index is -2.70. The Hall–Kier alpha value is -1.27. The van der Waals surface area contributed by atoms with E-state index in [9.17, 15) is 8.78 Å². The van der Waals surface area contributed by atoms with Crippen molar-refractivity contribution in [2.45, 2.75) is 19.6 Å². The first-order valence-electron chi connectivity index (χ1n) is 4.29. The van der Waals surface area contributed by atoms with Gasteiger partial charge in [0, 0.05) is 6.54 Å². The topological polar surface area (TPSA) is 68.4 Å². The monoisotopic (exact) mass is 218 g/mol. The highest BCUT2D eigenvalue weighted by Crippen LogP contribution is 2.31. The van der Waals surface area contributed by atoms with E-state index in [2.05, 4.69) is 4.98 Å². The van der Waals surface area contributed by atoms with Crippen LogP contribution in [0.15, 0.2) is 6.07 Å². The van der Waals surface area contributed by atoms with Gasteiger partial charge < -0.3 is 15.6 Å². The zero-order valence-electron chi connectivity index (χ0n) is 8.20. The molecule has 4 nitrogen and oxygen atoms in total. The minimum absolute atomic E-state index is 0.0500. The Morgan fingerprint density at radius 2 is 2.27 bits per heavy atom. The second kappa shape index (κ2) is 4.99. The summed E-state index contributed by atoms with van der Waals surface area (Å²) in [6, 6.07) is 1.35. The normalized spacial score (nSPS) is 10.8. The molecule has 3 N–H and O–H groups in total. The van der Waals surface area contributed by atoms with E-state index >= 15 is 0 Å². The van der Waals surface area contributed by atoms with E-state index < -0.39 is 6.43 Å². The van der Waals surface area contributed by atoms with E-state index in [4.69, 9.17) is 15.6 Å². The summed E-state index contributed by atoms with van der Waals surface area (Å²) in [6.07, 6.45) is -2.70. The Bertz CT molecular complexity index is 320. The van der Waals surface area contributed by atoms with Gasteiger partial charge in [-0.2, -0.15) is 0 Å². The third kappa shape index (κ3) is 2.40. The number of halogens is 2. The van der Waals surface area contributed by atoms with E-state index in [1.807, 2.05) is 0 Å². The highest BCUT2D eigenvalue weighted by atomic mass is 19.3. The first kappa shape index (κ1) is 11.8. The summed E-state index contributed by atoms with van der Waals surface area (Å²) in [5, 5.41) is 8.86. The summed E-state index contributed by atoms with van der Waals surface area (Å²) in [5.74, 6) is -0.183. The van der Waals surface area contributed by atoms with E-state index in [0.717, 1.165) is 0 Å². The molecule has 15 heavy (non-hydrogen) atoms. The molecule has 0 amide bonds. The first-order chi connectivity index (χ1) is 7.13. The molecule has 0 aliphatic carbocycles. The second-order valence-corrected chi connectivity index (χ2v) is 2.86. The molecule has 0 aliphatic rings. The van der Waals surface area contributed by atoms with Gasteiger partial charge in [-0.25, -0.2) is 13.8 Å². The van der Waals surface area contributed by atoms with E-state index in [-0.39, 0.29) is 35.9 Å². The highest BCUT2D eigenvalue weighted by molar-refractivity contribution is 5.37. The van der Waals surface area contributed by atoms with Crippen LogP contribution >= 0.6 is 0 Å². The molecular formula is C9H12F2N2O2. The van der Waals surface area contributed by atoms with Gasteiger partial charge in [0.05, 0.1) is 25.0 Å². The summed E-state index contributed by atoms with van der Waals surface area (Å²) in [6.45, 7) is -0.390. The summed E-state index contributed by atoms with van der Waals surface area (Å²) in [4.78, 5) is 3.73. The fourth-order valence-corrected chi connectivity index (χ4v) is 1.28. The van der Waals surface area contributed by atoms with Gasteiger partial charge in [-0.15, -0.1) is 0 Å². The van der Waals surface area contributed by atoms with E-state index in [1.165, 1.54) is 13.2 Å². The number of hydrogen-bond acceptors (Lipinski definition) is 4. The van der Waals surface area contributed by atoms with Gasteiger partial charge in [-0.1, -0.05) is 0 Å². The predicted octanol–water partition coefficient (Wildman–Crippen LogP) is 0.979. The zero-order chi connectivity index (χ0) is 11.4. The molecular weight excluding hydrogens is 206 g/mol. The maximum absolute atomic E-state index is 12.7. The van der Waals surface area contributed by atoms with Crippen molar-refractivity contribution < 1.29 is 18.6 Å². The number of hydrogen-bond donors (Lipinski definition) is 2. The molecule has 0 unspecified atom stereocenters. The van der Waals surface area contributed by atoms with Gasteiger partial charge in [-0.05, 0) is 11.6 Å². The Morgan fingerprint density at radius 3 is 2.67 bits per heavy atom. The molecule has 0 spiro atoms. The molecule has 0 bridgehead atoms. The standard InChI is InChI=1S/C9H12F2N2O2/c1-15-9-7(8(10)11)5(3-12)2-6(4-14)13-9/h2,8,14H,3-4,12H2,1H3. The lowest BCUT2D eigenvalue weighted by atomic mass is 10.1. The van der Waals surface area contributed by atoms with Crippen molar-refractivity contribution >= 4 is 0 Å². The minimum Gasteiger partial charge on any atom is -0.481 e. The molecule has 0 atom stereocenters. The average molecular weight is 218 g/mol. The SMILES string of the molecule is COc1nc(CO)cc(CN)c1C(F)F. The number of nitrogens with two attached hydrogens (primary N) is 1. The highest BCUT2D eigenvalue weighted by Gasteiger charge is 2.20. The smallest absolute Gasteiger partial charge is 0.269 e. The number of aromatic nitrogens is 1. The van der Waals surface area contributed by atoms with Crippen LogP contribution in [0.3, 0.4) is 0 Å². The number of nitrogens with zero attached hydrogens (tertiary/aromatic N) is 1. The molecule has 84 valence electrons. The van der Waals surface area contributed by atoms with Gasteiger partial charge in [-0.3, -0.25) is 0 Å². The van der Waals surface area contributed by atoms with Crippen LogP contribution in [0.2, 0.25) is 0 Å². The summed E-state index contributed by atoms with van der Waals surface area (Å²) >= 11 is 0. The predicted molar refractivity (Wildman–Crippen MR) is 49.6 cm³/mol. The lowest BCUT2D eigenvalue weighted by Gasteiger charge is -2.12. The number of aliphatic hydroxyl groups is 1. The summed E-state index contributed by atoms with van der Waals surface area (Å²) < 4.78 is 30.1. The molecule has 0 saturated carbocycles. The third-order valence-corrected chi connectivity index (χ3v) is 1.96. The number of ether oxygens (including phenoxy) is 1. The molecule has 1 rings (SSSR count). The molecule has 0 radical (unpaired) electrons. The number of pyridine rings is 1. The van der Waals surface area contributed by atoms with Gasteiger partial charge in [0.25, 0.3) is 6.43 Å². The van der Waals surface area contributed by atoms with Crippen molar-refractivity contribution in [2.24, 2.45) is 5.73 Å². The molecule has 6 heteroatoms. The Kier molecular flexibility index (Phi) is 3.93. The molecule has 1 aromatic heterocycles. The largest absolute Gasteiger partial charge is 0.481 e. The fraction of sp³-hybridized carbons (Fsp3) is 0.444. The van der Waals surface area contributed by atoms with E-state index in [0.29, 0.717) is 0 Å². The molecule has 0 aromatic carbocycles.